The molecule has 1 atom stereocenters. The predicted molar refractivity (Wildman–Crippen MR) is 115 cm³/mol. The number of hydrogen-bond acceptors (Lipinski definition) is 6. The van der Waals surface area contributed by atoms with Crippen LogP contribution in [0.5, 0.6) is 0 Å². The Morgan fingerprint density at radius 2 is 2.23 bits per heavy atom. The van der Waals surface area contributed by atoms with Crippen molar-refractivity contribution in [2.24, 2.45) is 5.92 Å². The van der Waals surface area contributed by atoms with E-state index in [1.807, 2.05) is 18.2 Å². The second-order valence-electron chi connectivity index (χ2n) is 7.56. The Morgan fingerprint density at radius 3 is 3.07 bits per heavy atom. The molecule has 1 aliphatic carbocycles. The number of benzene rings is 1. The lowest BCUT2D eigenvalue weighted by atomic mass is 9.86. The molecule has 0 bridgehead atoms. The number of fused-ring (bicyclic) bond motifs is 2. The average molecular weight is 402 g/mol. The van der Waals surface area contributed by atoms with E-state index in [0.717, 1.165) is 58.4 Å². The fourth-order valence-corrected chi connectivity index (χ4v) is 4.00. The summed E-state index contributed by atoms with van der Waals surface area (Å²) < 4.78 is 4.99. The fraction of sp³-hybridized carbons (Fsp3) is 0.273. The quantitative estimate of drug-likeness (QED) is 0.450. The molecule has 3 aromatic heterocycles. The lowest BCUT2D eigenvalue weighted by molar-refractivity contribution is -0.126. The summed E-state index contributed by atoms with van der Waals surface area (Å²) in [5, 5.41) is 12.4. The van der Waals surface area contributed by atoms with Crippen LogP contribution in [0.1, 0.15) is 25.0 Å². The molecule has 1 aromatic carbocycles. The summed E-state index contributed by atoms with van der Waals surface area (Å²) in [5.41, 5.74) is 4.94. The van der Waals surface area contributed by atoms with Crippen LogP contribution in [0.3, 0.4) is 0 Å². The van der Waals surface area contributed by atoms with E-state index in [-0.39, 0.29) is 18.3 Å². The summed E-state index contributed by atoms with van der Waals surface area (Å²) in [6.45, 7) is 0.190. The first-order valence-corrected chi connectivity index (χ1v) is 9.96. The molecule has 0 saturated heterocycles. The minimum atomic E-state index is 0.0490. The van der Waals surface area contributed by atoms with Crippen molar-refractivity contribution in [2.45, 2.75) is 19.3 Å². The van der Waals surface area contributed by atoms with Crippen molar-refractivity contribution in [1.82, 2.24) is 25.1 Å². The number of methoxy groups -OCH3 is 1. The zero-order chi connectivity index (χ0) is 20.5. The molecular formula is C22H22N6O2. The van der Waals surface area contributed by atoms with E-state index in [9.17, 15) is 4.79 Å². The van der Waals surface area contributed by atoms with Gasteiger partial charge in [0.1, 0.15) is 24.4 Å². The lowest BCUT2D eigenvalue weighted by Gasteiger charge is -2.20. The van der Waals surface area contributed by atoms with Gasteiger partial charge in [0, 0.05) is 29.8 Å². The molecule has 0 aliphatic heterocycles. The topological polar surface area (TPSA) is 109 Å². The Hall–Kier alpha value is -3.52. The number of aromatic nitrogens is 5. The minimum Gasteiger partial charge on any atom is -0.377 e. The van der Waals surface area contributed by atoms with E-state index in [1.165, 1.54) is 5.57 Å². The van der Waals surface area contributed by atoms with Crippen LogP contribution in [-0.2, 0) is 9.53 Å². The van der Waals surface area contributed by atoms with Crippen molar-refractivity contribution in [2.75, 3.05) is 19.0 Å². The van der Waals surface area contributed by atoms with Gasteiger partial charge in [-0.3, -0.25) is 9.89 Å². The Bertz CT molecular complexity index is 1250. The maximum Gasteiger partial charge on any atom is 0.161 e. The van der Waals surface area contributed by atoms with Gasteiger partial charge in [-0.05, 0) is 49.1 Å². The average Bonchev–Trinajstić information content (AvgIpc) is 3.41. The molecule has 0 fully saturated rings. The van der Waals surface area contributed by atoms with Crippen LogP contribution in [0.4, 0.5) is 11.5 Å². The first-order chi connectivity index (χ1) is 14.7. The van der Waals surface area contributed by atoms with Crippen LogP contribution in [-0.4, -0.2) is 44.6 Å². The van der Waals surface area contributed by atoms with E-state index in [1.54, 1.807) is 19.6 Å². The van der Waals surface area contributed by atoms with Crippen LogP contribution in [0.2, 0.25) is 0 Å². The Kier molecular flexibility index (Phi) is 4.76. The predicted octanol–water partition coefficient (Wildman–Crippen LogP) is 3.98. The highest BCUT2D eigenvalue weighted by Gasteiger charge is 2.22. The summed E-state index contributed by atoms with van der Waals surface area (Å²) in [4.78, 5) is 24.3. The van der Waals surface area contributed by atoms with Crippen molar-refractivity contribution in [3.63, 3.8) is 0 Å². The molecule has 0 spiro atoms. The molecule has 3 heterocycles. The largest absolute Gasteiger partial charge is 0.377 e. The number of allylic oxidation sites excluding steroid dienone is 2. The summed E-state index contributed by atoms with van der Waals surface area (Å²) in [6.07, 6.45) is 7.93. The zero-order valence-corrected chi connectivity index (χ0v) is 16.6. The molecule has 0 saturated carbocycles. The maximum atomic E-state index is 12.1. The molecule has 0 amide bonds. The smallest absolute Gasteiger partial charge is 0.161 e. The van der Waals surface area contributed by atoms with E-state index >= 15 is 0 Å². The fourth-order valence-electron chi connectivity index (χ4n) is 4.00. The first-order valence-electron chi connectivity index (χ1n) is 9.96. The maximum absolute atomic E-state index is 12.1. The Balaban J connectivity index is 1.40. The number of ketones is 1. The number of rotatable bonds is 6. The van der Waals surface area contributed by atoms with Crippen LogP contribution in [0.15, 0.2) is 42.9 Å². The highest BCUT2D eigenvalue weighted by Crippen LogP contribution is 2.33. The molecule has 4 aromatic rings. The van der Waals surface area contributed by atoms with Crippen molar-refractivity contribution in [1.29, 1.82) is 0 Å². The second-order valence-corrected chi connectivity index (χ2v) is 7.56. The molecule has 1 unspecified atom stereocenters. The summed E-state index contributed by atoms with van der Waals surface area (Å²) in [7, 11) is 1.56. The van der Waals surface area contributed by atoms with Gasteiger partial charge in [0.15, 0.2) is 5.78 Å². The number of H-pyrrole nitrogens is 2. The third kappa shape index (κ3) is 3.46. The number of aromatic amines is 2. The van der Waals surface area contributed by atoms with Gasteiger partial charge in [0.25, 0.3) is 0 Å². The second kappa shape index (κ2) is 7.72. The number of ether oxygens (including phenoxy) is 1. The number of Topliss-reactive ketones (excluding diaryl/α,β-unsaturated/α-hetero) is 1. The number of carbonyl (C=O) groups excluding carboxylic acids is 1. The van der Waals surface area contributed by atoms with Gasteiger partial charge < -0.3 is 15.0 Å². The van der Waals surface area contributed by atoms with Crippen LogP contribution in [0.25, 0.3) is 27.5 Å². The van der Waals surface area contributed by atoms with Crippen molar-refractivity contribution < 1.29 is 9.53 Å². The molecule has 5 rings (SSSR count). The molecule has 152 valence electrons. The standard InChI is InChI=1S/C22H22N6O2/c1-30-11-20(29)14-4-2-13(3-5-14)19-9-17-21(23-12-24-22(17)27-19)26-16-6-7-18-15(8-16)10-25-28-18/h2,6-10,12,14H,3-5,11H2,1H3,(H,25,28)(H2,23,24,26,27). The molecule has 8 nitrogen and oxygen atoms in total. The van der Waals surface area contributed by atoms with Gasteiger partial charge in [-0.15, -0.1) is 0 Å². The number of nitrogens with zero attached hydrogens (tertiary/aromatic N) is 3. The van der Waals surface area contributed by atoms with Gasteiger partial charge >= 0.3 is 0 Å². The normalized spacial score (nSPS) is 16.7. The lowest BCUT2D eigenvalue weighted by Crippen LogP contribution is -2.20. The van der Waals surface area contributed by atoms with Crippen molar-refractivity contribution in [3.8, 4) is 0 Å². The third-order valence-corrected chi connectivity index (χ3v) is 5.63. The SMILES string of the molecule is COCC(=O)C1CC=C(c2cc3c(Nc4ccc5[nH]ncc5c4)ncnc3[nH]2)CC1. The summed E-state index contributed by atoms with van der Waals surface area (Å²) >= 11 is 0. The molecule has 8 heteroatoms. The number of carbonyl (C=O) groups is 1. The number of nitrogens with one attached hydrogen (secondary N) is 3. The van der Waals surface area contributed by atoms with Gasteiger partial charge in [-0.2, -0.15) is 5.10 Å². The van der Waals surface area contributed by atoms with Gasteiger partial charge in [-0.1, -0.05) is 6.08 Å². The molecule has 1 aliphatic rings. The zero-order valence-electron chi connectivity index (χ0n) is 16.6. The molecule has 30 heavy (non-hydrogen) atoms. The third-order valence-electron chi connectivity index (χ3n) is 5.63. The van der Waals surface area contributed by atoms with E-state index < -0.39 is 0 Å². The highest BCUT2D eigenvalue weighted by atomic mass is 16.5. The van der Waals surface area contributed by atoms with Crippen LogP contribution < -0.4 is 5.32 Å². The summed E-state index contributed by atoms with van der Waals surface area (Å²) in [5.74, 6) is 0.972. The number of anilines is 2. The van der Waals surface area contributed by atoms with E-state index in [0.29, 0.717) is 0 Å². The van der Waals surface area contributed by atoms with Crippen LogP contribution >= 0.6 is 0 Å². The Labute approximate surface area is 172 Å². The molecule has 0 radical (unpaired) electrons. The van der Waals surface area contributed by atoms with E-state index in [4.69, 9.17) is 4.74 Å². The highest BCUT2D eigenvalue weighted by molar-refractivity contribution is 5.93. The van der Waals surface area contributed by atoms with Gasteiger partial charge in [-0.25, -0.2) is 9.97 Å². The summed E-state index contributed by atoms with van der Waals surface area (Å²) in [6, 6.07) is 8.08. The van der Waals surface area contributed by atoms with Crippen molar-refractivity contribution >= 4 is 44.8 Å². The van der Waals surface area contributed by atoms with Gasteiger partial charge in [0.2, 0.25) is 0 Å². The van der Waals surface area contributed by atoms with Crippen molar-refractivity contribution in [3.05, 3.63) is 48.6 Å². The van der Waals surface area contributed by atoms with Crippen LogP contribution in [0, 0.1) is 5.92 Å². The van der Waals surface area contributed by atoms with E-state index in [2.05, 4.69) is 42.6 Å². The molecule has 3 N–H and O–H groups in total. The Morgan fingerprint density at radius 1 is 1.30 bits per heavy atom. The minimum absolute atomic E-state index is 0.0490. The first kappa shape index (κ1) is 18.5. The number of hydrogen-bond donors (Lipinski definition) is 3. The molecular weight excluding hydrogens is 380 g/mol. The monoisotopic (exact) mass is 402 g/mol. The van der Waals surface area contributed by atoms with Gasteiger partial charge in [0.05, 0.1) is 17.1 Å².